The Hall–Kier alpha value is -4.41. The largest absolute Gasteiger partial charge is 0.497 e. The molecule has 1 aliphatic heterocycles. The molecule has 2 amide bonds. The van der Waals surface area contributed by atoms with Crippen molar-refractivity contribution < 1.29 is 29.0 Å². The van der Waals surface area contributed by atoms with Crippen LogP contribution in [-0.4, -0.2) is 63.2 Å². The van der Waals surface area contributed by atoms with Crippen LogP contribution >= 0.6 is 0 Å². The highest BCUT2D eigenvalue weighted by Crippen LogP contribution is 2.32. The van der Waals surface area contributed by atoms with Crippen LogP contribution in [0.5, 0.6) is 5.75 Å². The summed E-state index contributed by atoms with van der Waals surface area (Å²) in [6.07, 6.45) is 2.72. The third-order valence-electron chi connectivity index (χ3n) is 5.90. The molecule has 1 unspecified atom stereocenters. The number of carbonyl (C=O) groups excluding carboxylic acids is 2. The molecule has 0 saturated carbocycles. The maximum absolute atomic E-state index is 12.7. The van der Waals surface area contributed by atoms with E-state index >= 15 is 0 Å². The number of pyridine rings is 1. The van der Waals surface area contributed by atoms with Gasteiger partial charge in [-0.1, -0.05) is 12.1 Å². The number of aromatic nitrogens is 3. The quantitative estimate of drug-likeness (QED) is 0.417. The van der Waals surface area contributed by atoms with Crippen LogP contribution in [0.3, 0.4) is 0 Å². The highest BCUT2D eigenvalue weighted by atomic mass is 16.5. The molecule has 1 atom stereocenters. The summed E-state index contributed by atoms with van der Waals surface area (Å²) in [5, 5.41) is 12.3. The van der Waals surface area contributed by atoms with Gasteiger partial charge >= 0.3 is 12.1 Å². The molecule has 4 rings (SSSR count). The average molecular weight is 494 g/mol. The molecule has 3 heterocycles. The fraction of sp³-hybridized carbons (Fsp3) is 0.320. The van der Waals surface area contributed by atoms with E-state index in [1.54, 1.807) is 43.3 Å². The number of aromatic amines is 1. The molecule has 0 bridgehead atoms. The van der Waals surface area contributed by atoms with E-state index in [0.717, 1.165) is 12.8 Å². The van der Waals surface area contributed by atoms with Crippen molar-refractivity contribution in [3.63, 3.8) is 0 Å². The van der Waals surface area contributed by atoms with Gasteiger partial charge in [0.1, 0.15) is 23.1 Å². The number of nitrogens with one attached hydrogen (secondary N) is 2. The molecule has 36 heavy (non-hydrogen) atoms. The molecule has 1 saturated heterocycles. The zero-order chi connectivity index (χ0) is 25.7. The van der Waals surface area contributed by atoms with Crippen LogP contribution in [0.4, 0.5) is 10.6 Å². The number of rotatable bonds is 7. The van der Waals surface area contributed by atoms with Gasteiger partial charge in [0.15, 0.2) is 5.69 Å². The number of benzene rings is 1. The zero-order valence-electron chi connectivity index (χ0n) is 20.0. The Morgan fingerprint density at radius 1 is 1.19 bits per heavy atom. The van der Waals surface area contributed by atoms with E-state index in [1.807, 2.05) is 0 Å². The summed E-state index contributed by atoms with van der Waals surface area (Å²) in [6.45, 7) is 2.28. The lowest BCUT2D eigenvalue weighted by molar-refractivity contribution is 0.0520. The normalized spacial score (nSPS) is 15.3. The average Bonchev–Trinajstić information content (AvgIpc) is 3.34. The van der Waals surface area contributed by atoms with Gasteiger partial charge in [-0.15, -0.1) is 0 Å². The minimum absolute atomic E-state index is 0.139. The Labute approximate surface area is 207 Å². The number of esters is 1. The van der Waals surface area contributed by atoms with Gasteiger partial charge in [-0.2, -0.15) is 0 Å². The van der Waals surface area contributed by atoms with Crippen molar-refractivity contribution in [3.8, 4) is 17.0 Å². The van der Waals surface area contributed by atoms with E-state index in [0.29, 0.717) is 47.2 Å². The molecule has 11 heteroatoms. The number of methoxy groups -OCH3 is 1. The number of carboxylic acid groups (broad SMARTS) is 1. The molecule has 2 aromatic heterocycles. The van der Waals surface area contributed by atoms with Crippen molar-refractivity contribution in [2.75, 3.05) is 25.6 Å². The molecule has 0 aliphatic carbocycles. The molecular formula is C25H27N5O6. The van der Waals surface area contributed by atoms with Crippen molar-refractivity contribution in [1.29, 1.82) is 0 Å². The minimum atomic E-state index is -1.03. The van der Waals surface area contributed by atoms with E-state index in [4.69, 9.17) is 9.47 Å². The second kappa shape index (κ2) is 10.9. The van der Waals surface area contributed by atoms with Gasteiger partial charge in [0.05, 0.1) is 19.8 Å². The zero-order valence-corrected chi connectivity index (χ0v) is 20.0. The lowest BCUT2D eigenvalue weighted by atomic mass is 10.0. The minimum Gasteiger partial charge on any atom is -0.497 e. The SMILES string of the molecule is CCOC(=O)c1[nH]c(C2CCCCN2C(=O)O)nc1-c1ccc(C(=O)Nc2cc(OC)ccn2)cc1. The van der Waals surface area contributed by atoms with Crippen LogP contribution in [0.15, 0.2) is 42.6 Å². The van der Waals surface area contributed by atoms with Gasteiger partial charge in [0.2, 0.25) is 0 Å². The Kier molecular flexibility index (Phi) is 7.47. The summed E-state index contributed by atoms with van der Waals surface area (Å²) in [5.74, 6) is 0.349. The van der Waals surface area contributed by atoms with E-state index in [1.165, 1.54) is 18.2 Å². The topological polar surface area (TPSA) is 147 Å². The monoisotopic (exact) mass is 493 g/mol. The Morgan fingerprint density at radius 3 is 2.67 bits per heavy atom. The Morgan fingerprint density at radius 2 is 1.97 bits per heavy atom. The summed E-state index contributed by atoms with van der Waals surface area (Å²) in [4.78, 5) is 50.2. The number of imidazole rings is 1. The fourth-order valence-electron chi connectivity index (χ4n) is 4.13. The van der Waals surface area contributed by atoms with Crippen molar-refractivity contribution in [2.45, 2.75) is 32.2 Å². The first-order valence-corrected chi connectivity index (χ1v) is 11.6. The molecule has 0 radical (unpaired) electrons. The molecule has 1 aromatic carbocycles. The van der Waals surface area contributed by atoms with E-state index < -0.39 is 18.1 Å². The highest BCUT2D eigenvalue weighted by molar-refractivity contribution is 6.04. The predicted octanol–water partition coefficient (Wildman–Crippen LogP) is 4.11. The summed E-state index contributed by atoms with van der Waals surface area (Å²) < 4.78 is 10.3. The summed E-state index contributed by atoms with van der Waals surface area (Å²) in [7, 11) is 1.53. The van der Waals surface area contributed by atoms with Crippen molar-refractivity contribution in [3.05, 3.63) is 59.7 Å². The van der Waals surface area contributed by atoms with E-state index in [9.17, 15) is 19.5 Å². The second-order valence-electron chi connectivity index (χ2n) is 8.17. The molecule has 0 spiro atoms. The van der Waals surface area contributed by atoms with Crippen molar-refractivity contribution in [2.24, 2.45) is 0 Å². The number of anilines is 1. The Bertz CT molecular complexity index is 1260. The molecule has 1 fully saturated rings. The molecule has 1 aliphatic rings. The maximum atomic E-state index is 12.7. The van der Waals surface area contributed by atoms with Gasteiger partial charge < -0.3 is 24.9 Å². The lowest BCUT2D eigenvalue weighted by Crippen LogP contribution is -2.38. The standard InChI is InChI=1S/C25H27N5O6/c1-3-36-24(32)21-20(28-22(29-21)18-6-4-5-13-30(18)25(33)34)15-7-9-16(10-8-15)23(31)27-19-14-17(35-2)11-12-26-19/h7-12,14,18H,3-6,13H2,1-2H3,(H,28,29)(H,33,34)(H,26,27,31). The molecule has 188 valence electrons. The molecule has 3 aromatic rings. The number of H-pyrrole nitrogens is 1. The highest BCUT2D eigenvalue weighted by Gasteiger charge is 2.32. The Balaban J connectivity index is 1.61. The summed E-state index contributed by atoms with van der Waals surface area (Å²) in [5.41, 5.74) is 1.43. The molecule has 3 N–H and O–H groups in total. The van der Waals surface area contributed by atoms with Crippen molar-refractivity contribution in [1.82, 2.24) is 19.9 Å². The molecular weight excluding hydrogens is 466 g/mol. The van der Waals surface area contributed by atoms with Crippen LogP contribution in [0, 0.1) is 0 Å². The van der Waals surface area contributed by atoms with Gasteiger partial charge in [0.25, 0.3) is 5.91 Å². The lowest BCUT2D eigenvalue weighted by Gasteiger charge is -2.32. The number of likely N-dealkylation sites (tertiary alicyclic amines) is 1. The first-order chi connectivity index (χ1) is 17.4. The third-order valence-corrected chi connectivity index (χ3v) is 5.90. The molecule has 11 nitrogen and oxygen atoms in total. The number of hydrogen-bond donors (Lipinski definition) is 3. The van der Waals surface area contributed by atoms with E-state index in [2.05, 4.69) is 20.3 Å². The number of nitrogens with zero attached hydrogens (tertiary/aromatic N) is 3. The van der Waals surface area contributed by atoms with Gasteiger partial charge in [-0.3, -0.25) is 9.69 Å². The maximum Gasteiger partial charge on any atom is 0.407 e. The van der Waals surface area contributed by atoms with Crippen LogP contribution in [0.1, 0.15) is 58.9 Å². The van der Waals surface area contributed by atoms with E-state index in [-0.39, 0.29) is 18.2 Å². The summed E-state index contributed by atoms with van der Waals surface area (Å²) >= 11 is 0. The number of piperidine rings is 1. The van der Waals surface area contributed by atoms with Crippen LogP contribution in [-0.2, 0) is 4.74 Å². The third kappa shape index (κ3) is 5.29. The fourth-order valence-corrected chi connectivity index (χ4v) is 4.13. The van der Waals surface area contributed by atoms with Crippen LogP contribution in [0.2, 0.25) is 0 Å². The number of hydrogen-bond acceptors (Lipinski definition) is 7. The van der Waals surface area contributed by atoms with Crippen LogP contribution < -0.4 is 10.1 Å². The first-order valence-electron chi connectivity index (χ1n) is 11.6. The second-order valence-corrected chi connectivity index (χ2v) is 8.17. The van der Waals surface area contributed by atoms with Crippen LogP contribution in [0.25, 0.3) is 11.3 Å². The first kappa shape index (κ1) is 24.7. The number of amides is 2. The predicted molar refractivity (Wildman–Crippen MR) is 130 cm³/mol. The van der Waals surface area contributed by atoms with Gasteiger partial charge in [-0.05, 0) is 44.4 Å². The van der Waals surface area contributed by atoms with Gasteiger partial charge in [0, 0.05) is 29.9 Å². The van der Waals surface area contributed by atoms with Gasteiger partial charge in [-0.25, -0.2) is 19.6 Å². The number of carbonyl (C=O) groups is 3. The summed E-state index contributed by atoms with van der Waals surface area (Å²) in [6, 6.07) is 9.36. The number of ether oxygens (including phenoxy) is 2. The smallest absolute Gasteiger partial charge is 0.407 e. The van der Waals surface area contributed by atoms with Crippen molar-refractivity contribution >= 4 is 23.8 Å².